The van der Waals surface area contributed by atoms with Gasteiger partial charge in [0.15, 0.2) is 0 Å². The topological polar surface area (TPSA) is 24.1 Å². The van der Waals surface area contributed by atoms with Crippen LogP contribution >= 0.6 is 0 Å². The molecule has 0 radical (unpaired) electrons. The Labute approximate surface area is 164 Å². The summed E-state index contributed by atoms with van der Waals surface area (Å²) in [4.78, 5) is 0. The molecule has 0 aromatic rings. The lowest BCUT2D eigenvalue weighted by molar-refractivity contribution is 0.0206. The maximum atomic E-state index is 3.91. The number of unbranched alkanes of at least 4 members (excludes halogenated alkanes) is 2. The van der Waals surface area contributed by atoms with Crippen LogP contribution in [-0.4, -0.2) is 22.2 Å². The van der Waals surface area contributed by atoms with Crippen molar-refractivity contribution in [1.82, 2.24) is 10.6 Å². The Kier molecular flexibility index (Phi) is 6.61. The van der Waals surface area contributed by atoms with Crippen LogP contribution in [0.25, 0.3) is 0 Å². The predicted molar refractivity (Wildman–Crippen MR) is 116 cm³/mol. The third kappa shape index (κ3) is 6.23. The molecule has 0 spiro atoms. The van der Waals surface area contributed by atoms with Gasteiger partial charge in [0.2, 0.25) is 0 Å². The lowest BCUT2D eigenvalue weighted by Crippen LogP contribution is -2.61. The van der Waals surface area contributed by atoms with Crippen molar-refractivity contribution in [3.63, 3.8) is 0 Å². The average Bonchev–Trinajstić information content (AvgIpc) is 2.36. The minimum atomic E-state index is 0.257. The Morgan fingerprint density at radius 2 is 1.00 bits per heavy atom. The first kappa shape index (κ1) is 22.2. The van der Waals surface area contributed by atoms with E-state index in [2.05, 4.69) is 72.9 Å². The van der Waals surface area contributed by atoms with Gasteiger partial charge in [0.05, 0.1) is 0 Å². The number of rotatable bonds is 6. The highest BCUT2D eigenvalue weighted by atomic mass is 15.1. The Bertz CT molecular complexity index is 391. The third-order valence-electron chi connectivity index (χ3n) is 6.80. The molecule has 2 aliphatic rings. The fraction of sp³-hybridized carbons (Fsp3) is 1.00. The van der Waals surface area contributed by atoms with E-state index in [0.29, 0.717) is 0 Å². The minimum absolute atomic E-state index is 0.257. The van der Waals surface area contributed by atoms with Crippen molar-refractivity contribution >= 4 is 0 Å². The largest absolute Gasteiger partial charge is 0.307 e. The monoisotopic (exact) mass is 364 g/mol. The molecule has 0 bridgehead atoms. The summed E-state index contributed by atoms with van der Waals surface area (Å²) in [6.45, 7) is 21.7. The summed E-state index contributed by atoms with van der Waals surface area (Å²) in [7, 11) is 0. The normalized spacial score (nSPS) is 28.4. The van der Waals surface area contributed by atoms with E-state index in [9.17, 15) is 0 Å². The van der Waals surface area contributed by atoms with Crippen LogP contribution in [0.2, 0.25) is 0 Å². The van der Waals surface area contributed by atoms with E-state index in [-0.39, 0.29) is 22.2 Å². The van der Waals surface area contributed by atoms with Crippen molar-refractivity contribution in [2.45, 2.75) is 136 Å². The Balaban J connectivity index is 2.24. The molecule has 2 heterocycles. The molecule has 0 aromatic heterocycles. The summed E-state index contributed by atoms with van der Waals surface area (Å²) in [6, 6.07) is 0. The molecule has 2 heteroatoms. The molecule has 0 amide bonds. The van der Waals surface area contributed by atoms with E-state index in [1.54, 1.807) is 0 Å². The molecule has 2 nitrogen and oxygen atoms in total. The van der Waals surface area contributed by atoms with Crippen LogP contribution in [0.3, 0.4) is 0 Å². The molecule has 2 fully saturated rings. The van der Waals surface area contributed by atoms with Gasteiger partial charge in [-0.1, -0.05) is 26.2 Å². The van der Waals surface area contributed by atoms with Gasteiger partial charge in [-0.3, -0.25) is 0 Å². The first-order valence-corrected chi connectivity index (χ1v) is 11.3. The number of piperidine rings is 2. The molecule has 0 saturated carbocycles. The second kappa shape index (κ2) is 7.74. The molecule has 0 atom stereocenters. The van der Waals surface area contributed by atoms with Crippen molar-refractivity contribution in [2.75, 3.05) is 0 Å². The fourth-order valence-electron chi connectivity index (χ4n) is 6.89. The molecule has 0 aromatic carbocycles. The molecular formula is C24H48N2. The van der Waals surface area contributed by atoms with Gasteiger partial charge in [-0.05, 0) is 105 Å². The van der Waals surface area contributed by atoms with Gasteiger partial charge in [0.1, 0.15) is 0 Å². The molecule has 154 valence electrons. The second-order valence-electron chi connectivity index (χ2n) is 12.3. The maximum Gasteiger partial charge on any atom is 0.0132 e. The summed E-state index contributed by atoms with van der Waals surface area (Å²) in [6.07, 6.45) is 10.9. The van der Waals surface area contributed by atoms with Gasteiger partial charge in [-0.25, -0.2) is 0 Å². The van der Waals surface area contributed by atoms with E-state index in [4.69, 9.17) is 0 Å². The third-order valence-corrected chi connectivity index (χ3v) is 6.80. The zero-order valence-corrected chi connectivity index (χ0v) is 19.4. The maximum absolute atomic E-state index is 3.91. The van der Waals surface area contributed by atoms with Crippen LogP contribution in [0.15, 0.2) is 0 Å². The molecule has 2 N–H and O–H groups in total. The van der Waals surface area contributed by atoms with E-state index in [1.165, 1.54) is 51.4 Å². The Morgan fingerprint density at radius 3 is 1.31 bits per heavy atom. The van der Waals surface area contributed by atoms with E-state index < -0.39 is 0 Å². The van der Waals surface area contributed by atoms with Crippen LogP contribution in [-0.2, 0) is 0 Å². The zero-order valence-electron chi connectivity index (χ0n) is 19.4. The van der Waals surface area contributed by atoms with Crippen molar-refractivity contribution in [2.24, 2.45) is 17.8 Å². The van der Waals surface area contributed by atoms with E-state index in [1.807, 2.05) is 0 Å². The summed E-state index contributed by atoms with van der Waals surface area (Å²) in [5.74, 6) is 2.59. The van der Waals surface area contributed by atoms with Crippen LogP contribution in [0.4, 0.5) is 0 Å². The van der Waals surface area contributed by atoms with Gasteiger partial charge in [-0.2, -0.15) is 0 Å². The molecule has 2 aliphatic heterocycles. The lowest BCUT2D eigenvalue weighted by atomic mass is 9.61. The van der Waals surface area contributed by atoms with Crippen molar-refractivity contribution in [1.29, 1.82) is 0 Å². The number of nitrogens with one attached hydrogen (secondary N) is 2. The lowest BCUT2D eigenvalue weighted by Gasteiger charge is -2.54. The minimum Gasteiger partial charge on any atom is -0.307 e. The van der Waals surface area contributed by atoms with Crippen LogP contribution in [0.5, 0.6) is 0 Å². The highest BCUT2D eigenvalue weighted by Gasteiger charge is 2.46. The van der Waals surface area contributed by atoms with Gasteiger partial charge < -0.3 is 10.6 Å². The van der Waals surface area contributed by atoms with Crippen molar-refractivity contribution in [3.05, 3.63) is 0 Å². The second-order valence-corrected chi connectivity index (χ2v) is 12.3. The first-order chi connectivity index (χ1) is 11.7. The zero-order chi connectivity index (χ0) is 19.8. The first-order valence-electron chi connectivity index (χ1n) is 11.3. The summed E-state index contributed by atoms with van der Waals surface area (Å²) < 4.78 is 0. The quantitative estimate of drug-likeness (QED) is 0.541. The molecule has 0 unspecified atom stereocenters. The molecule has 0 aliphatic carbocycles. The van der Waals surface area contributed by atoms with Crippen LogP contribution < -0.4 is 10.6 Å². The van der Waals surface area contributed by atoms with Gasteiger partial charge in [-0.15, -0.1) is 0 Å². The summed E-state index contributed by atoms with van der Waals surface area (Å²) in [5.41, 5.74) is 1.03. The van der Waals surface area contributed by atoms with Crippen LogP contribution in [0.1, 0.15) is 114 Å². The SMILES string of the molecule is CCCCCC(C1CC(C)(C)NC(C)(C)C1)C1CC(C)(C)NC(C)(C)C1. The highest BCUT2D eigenvalue weighted by molar-refractivity contribution is 5.03. The van der Waals surface area contributed by atoms with Gasteiger partial charge in [0.25, 0.3) is 0 Å². The van der Waals surface area contributed by atoms with Crippen LogP contribution in [0, 0.1) is 17.8 Å². The number of hydrogen-bond acceptors (Lipinski definition) is 2. The number of hydrogen-bond donors (Lipinski definition) is 2. The average molecular weight is 365 g/mol. The fourth-order valence-corrected chi connectivity index (χ4v) is 6.89. The van der Waals surface area contributed by atoms with Gasteiger partial charge in [0, 0.05) is 22.2 Å². The Morgan fingerprint density at radius 1 is 0.654 bits per heavy atom. The molecule has 2 saturated heterocycles. The van der Waals surface area contributed by atoms with E-state index >= 15 is 0 Å². The summed E-state index contributed by atoms with van der Waals surface area (Å²) >= 11 is 0. The standard InChI is InChI=1S/C24H48N2/c1-10-11-12-13-20(18-14-21(2,3)25-22(4,5)15-18)19-16-23(6,7)26-24(8,9)17-19/h18-20,25-26H,10-17H2,1-9H3. The smallest absolute Gasteiger partial charge is 0.0132 e. The van der Waals surface area contributed by atoms with Crippen molar-refractivity contribution < 1.29 is 0 Å². The highest BCUT2D eigenvalue weighted by Crippen LogP contribution is 2.47. The van der Waals surface area contributed by atoms with Crippen molar-refractivity contribution in [3.8, 4) is 0 Å². The predicted octanol–water partition coefficient (Wildman–Crippen LogP) is 6.30. The molecule has 26 heavy (non-hydrogen) atoms. The van der Waals surface area contributed by atoms with Gasteiger partial charge >= 0.3 is 0 Å². The molecular weight excluding hydrogens is 316 g/mol. The Hall–Kier alpha value is -0.0800. The van der Waals surface area contributed by atoms with E-state index in [0.717, 1.165) is 17.8 Å². The molecule has 2 rings (SSSR count). The summed E-state index contributed by atoms with van der Waals surface area (Å²) in [5, 5.41) is 7.81.